The SMILES string of the molecule is COC[C@@H]1OC2(CCC(N)(C(=O)O)CC2)O[C@H]1COC. The molecule has 0 aromatic carbocycles. The molecule has 2 atom stereocenters. The molecule has 1 spiro atoms. The minimum Gasteiger partial charge on any atom is -0.480 e. The van der Waals surface area contributed by atoms with E-state index in [1.165, 1.54) is 0 Å². The van der Waals surface area contributed by atoms with Crippen molar-refractivity contribution < 1.29 is 28.8 Å². The standard InChI is InChI=1S/C13H23NO6/c1-17-7-9-10(8-18-2)20-13(19-9)5-3-12(14,4-6-13)11(15)16/h9-10H,3-8,14H2,1-2H3,(H,15,16)/t9-,10-/m0/s1. The summed E-state index contributed by atoms with van der Waals surface area (Å²) in [6.07, 6.45) is 1.21. The zero-order valence-corrected chi connectivity index (χ0v) is 12.0. The van der Waals surface area contributed by atoms with Crippen LogP contribution in [0.15, 0.2) is 0 Å². The monoisotopic (exact) mass is 289 g/mol. The number of ether oxygens (including phenoxy) is 4. The minimum absolute atomic E-state index is 0.199. The van der Waals surface area contributed by atoms with Crippen molar-refractivity contribution in [1.29, 1.82) is 0 Å². The van der Waals surface area contributed by atoms with Gasteiger partial charge in [-0.05, 0) is 12.8 Å². The first kappa shape index (κ1) is 15.7. The summed E-state index contributed by atoms with van der Waals surface area (Å²) in [5.74, 6) is -1.71. The van der Waals surface area contributed by atoms with Crippen molar-refractivity contribution in [3.63, 3.8) is 0 Å². The Morgan fingerprint density at radius 1 is 1.15 bits per heavy atom. The third-order valence-corrected chi connectivity index (χ3v) is 4.14. The first-order chi connectivity index (χ1) is 9.45. The van der Waals surface area contributed by atoms with Crippen LogP contribution < -0.4 is 5.73 Å². The second-order valence-electron chi connectivity index (χ2n) is 5.60. The highest BCUT2D eigenvalue weighted by atomic mass is 16.8. The largest absolute Gasteiger partial charge is 0.480 e. The zero-order valence-electron chi connectivity index (χ0n) is 12.0. The van der Waals surface area contributed by atoms with Crippen LogP contribution >= 0.6 is 0 Å². The summed E-state index contributed by atoms with van der Waals surface area (Å²) >= 11 is 0. The summed E-state index contributed by atoms with van der Waals surface area (Å²) < 4.78 is 22.3. The van der Waals surface area contributed by atoms with Crippen LogP contribution in [0, 0.1) is 0 Å². The van der Waals surface area contributed by atoms with Crippen LogP contribution in [0.2, 0.25) is 0 Å². The van der Waals surface area contributed by atoms with Crippen LogP contribution in [-0.4, -0.2) is 62.0 Å². The second-order valence-corrected chi connectivity index (χ2v) is 5.60. The molecule has 0 aromatic rings. The van der Waals surface area contributed by atoms with E-state index in [4.69, 9.17) is 29.8 Å². The van der Waals surface area contributed by atoms with Gasteiger partial charge in [0.15, 0.2) is 5.79 Å². The first-order valence-corrected chi connectivity index (χ1v) is 6.80. The number of carbonyl (C=O) groups is 1. The Morgan fingerprint density at radius 2 is 1.60 bits per heavy atom. The van der Waals surface area contributed by atoms with E-state index in [1.54, 1.807) is 14.2 Å². The molecule has 1 saturated heterocycles. The molecule has 2 fully saturated rings. The number of methoxy groups -OCH3 is 2. The van der Waals surface area contributed by atoms with Crippen molar-refractivity contribution in [2.45, 2.75) is 49.2 Å². The number of carboxylic acid groups (broad SMARTS) is 1. The molecule has 0 amide bonds. The lowest BCUT2D eigenvalue weighted by Gasteiger charge is -2.39. The van der Waals surface area contributed by atoms with Gasteiger partial charge in [-0.15, -0.1) is 0 Å². The molecule has 2 rings (SSSR count). The molecule has 1 aliphatic heterocycles. The van der Waals surface area contributed by atoms with Gasteiger partial charge in [0.2, 0.25) is 0 Å². The Morgan fingerprint density at radius 3 is 1.95 bits per heavy atom. The number of nitrogens with two attached hydrogens (primary N) is 1. The van der Waals surface area contributed by atoms with E-state index in [0.29, 0.717) is 38.9 Å². The minimum atomic E-state index is -1.17. The zero-order chi connectivity index (χ0) is 14.8. The molecule has 2 aliphatic rings. The summed E-state index contributed by atoms with van der Waals surface area (Å²) in [7, 11) is 3.21. The van der Waals surface area contributed by atoms with Gasteiger partial charge in [-0.2, -0.15) is 0 Å². The van der Waals surface area contributed by atoms with E-state index < -0.39 is 17.3 Å². The topological polar surface area (TPSA) is 100 Å². The van der Waals surface area contributed by atoms with Crippen molar-refractivity contribution in [2.24, 2.45) is 5.73 Å². The molecule has 0 bridgehead atoms. The van der Waals surface area contributed by atoms with Gasteiger partial charge in [0.1, 0.15) is 17.7 Å². The van der Waals surface area contributed by atoms with Gasteiger partial charge in [0, 0.05) is 27.1 Å². The van der Waals surface area contributed by atoms with Gasteiger partial charge in [0.05, 0.1) is 13.2 Å². The van der Waals surface area contributed by atoms with Gasteiger partial charge >= 0.3 is 5.97 Å². The van der Waals surface area contributed by atoms with E-state index in [9.17, 15) is 4.79 Å². The van der Waals surface area contributed by atoms with E-state index >= 15 is 0 Å². The highest BCUT2D eigenvalue weighted by Crippen LogP contribution is 2.43. The molecule has 1 heterocycles. The van der Waals surface area contributed by atoms with Gasteiger partial charge < -0.3 is 29.8 Å². The third kappa shape index (κ3) is 2.96. The summed E-state index contributed by atoms with van der Waals surface area (Å²) in [6, 6.07) is 0. The predicted octanol–water partition coefficient (Wildman–Crippen LogP) is 0.116. The van der Waals surface area contributed by atoms with Gasteiger partial charge in [0.25, 0.3) is 0 Å². The van der Waals surface area contributed by atoms with Crippen molar-refractivity contribution in [3.8, 4) is 0 Å². The Labute approximate surface area is 118 Å². The molecule has 0 aromatic heterocycles. The number of aliphatic carboxylic acids is 1. The molecule has 116 valence electrons. The third-order valence-electron chi connectivity index (χ3n) is 4.14. The van der Waals surface area contributed by atoms with Crippen LogP contribution in [0.4, 0.5) is 0 Å². The van der Waals surface area contributed by atoms with Crippen LogP contribution in [0.1, 0.15) is 25.7 Å². The maximum atomic E-state index is 11.2. The van der Waals surface area contributed by atoms with E-state index in [1.807, 2.05) is 0 Å². The lowest BCUT2D eigenvalue weighted by atomic mass is 9.79. The van der Waals surface area contributed by atoms with Crippen molar-refractivity contribution in [2.75, 3.05) is 27.4 Å². The smallest absolute Gasteiger partial charge is 0.323 e. The lowest BCUT2D eigenvalue weighted by molar-refractivity contribution is -0.207. The average molecular weight is 289 g/mol. The maximum Gasteiger partial charge on any atom is 0.323 e. The van der Waals surface area contributed by atoms with E-state index in [0.717, 1.165) is 0 Å². The van der Waals surface area contributed by atoms with Gasteiger partial charge in [-0.25, -0.2) is 0 Å². The van der Waals surface area contributed by atoms with E-state index in [2.05, 4.69) is 0 Å². The number of carboxylic acids is 1. The maximum absolute atomic E-state index is 11.2. The van der Waals surface area contributed by atoms with Crippen LogP contribution in [0.5, 0.6) is 0 Å². The second kappa shape index (κ2) is 5.95. The molecule has 1 saturated carbocycles. The fraction of sp³-hybridized carbons (Fsp3) is 0.923. The quantitative estimate of drug-likeness (QED) is 0.741. The molecule has 7 heteroatoms. The number of hydrogen-bond donors (Lipinski definition) is 2. The first-order valence-electron chi connectivity index (χ1n) is 6.80. The van der Waals surface area contributed by atoms with Crippen LogP contribution in [0.3, 0.4) is 0 Å². The average Bonchev–Trinajstić information content (AvgIpc) is 2.73. The van der Waals surface area contributed by atoms with Gasteiger partial charge in [-0.3, -0.25) is 4.79 Å². The molecule has 0 unspecified atom stereocenters. The predicted molar refractivity (Wildman–Crippen MR) is 69.3 cm³/mol. The molecular weight excluding hydrogens is 266 g/mol. The van der Waals surface area contributed by atoms with Crippen molar-refractivity contribution >= 4 is 5.97 Å². The summed E-state index contributed by atoms with van der Waals surface area (Å²) in [5, 5.41) is 9.15. The van der Waals surface area contributed by atoms with Gasteiger partial charge in [-0.1, -0.05) is 0 Å². The highest BCUT2D eigenvalue weighted by molar-refractivity contribution is 5.78. The highest BCUT2D eigenvalue weighted by Gasteiger charge is 2.53. The Balaban J connectivity index is 2.01. The lowest BCUT2D eigenvalue weighted by Crippen LogP contribution is -2.54. The summed E-state index contributed by atoms with van der Waals surface area (Å²) in [6.45, 7) is 0.838. The molecule has 0 radical (unpaired) electrons. The fourth-order valence-electron chi connectivity index (χ4n) is 2.87. The fourth-order valence-corrected chi connectivity index (χ4v) is 2.87. The normalized spacial score (nSPS) is 31.6. The molecular formula is C13H23NO6. The van der Waals surface area contributed by atoms with E-state index in [-0.39, 0.29) is 12.2 Å². The van der Waals surface area contributed by atoms with Crippen LogP contribution in [0.25, 0.3) is 0 Å². The molecule has 1 aliphatic carbocycles. The molecule has 3 N–H and O–H groups in total. The van der Waals surface area contributed by atoms with Crippen LogP contribution in [-0.2, 0) is 23.7 Å². The number of hydrogen-bond acceptors (Lipinski definition) is 6. The number of rotatable bonds is 5. The Bertz CT molecular complexity index is 337. The Hall–Kier alpha value is -0.730. The van der Waals surface area contributed by atoms with Crippen molar-refractivity contribution in [3.05, 3.63) is 0 Å². The van der Waals surface area contributed by atoms with Crippen molar-refractivity contribution in [1.82, 2.24) is 0 Å². The Kier molecular flexibility index (Phi) is 4.66. The molecule has 7 nitrogen and oxygen atoms in total. The summed E-state index contributed by atoms with van der Waals surface area (Å²) in [5.41, 5.74) is 4.71. The molecule has 20 heavy (non-hydrogen) atoms. The summed E-state index contributed by atoms with van der Waals surface area (Å²) in [4.78, 5) is 11.2.